The van der Waals surface area contributed by atoms with Crippen molar-refractivity contribution in [3.05, 3.63) is 46.8 Å². The third-order valence-corrected chi connectivity index (χ3v) is 3.76. The summed E-state index contributed by atoms with van der Waals surface area (Å²) >= 11 is 0. The van der Waals surface area contributed by atoms with Crippen LogP contribution in [0.1, 0.15) is 22.4 Å². The molecular formula is C16H21N3O. The molecule has 1 aliphatic rings. The first-order chi connectivity index (χ1) is 9.61. The molecule has 4 heteroatoms. The molecular weight excluding hydrogens is 250 g/mol. The van der Waals surface area contributed by atoms with Gasteiger partial charge < -0.3 is 10.1 Å². The highest BCUT2D eigenvalue weighted by Gasteiger charge is 2.22. The summed E-state index contributed by atoms with van der Waals surface area (Å²) < 4.78 is 7.81. The molecule has 0 saturated heterocycles. The molecule has 106 valence electrons. The summed E-state index contributed by atoms with van der Waals surface area (Å²) in [5.41, 5.74) is 4.96. The molecule has 2 heterocycles. The first-order valence-electron chi connectivity index (χ1n) is 7.08. The van der Waals surface area contributed by atoms with Crippen molar-refractivity contribution < 1.29 is 4.74 Å². The molecule has 1 unspecified atom stereocenters. The molecule has 1 atom stereocenters. The Morgan fingerprint density at radius 1 is 1.40 bits per heavy atom. The lowest BCUT2D eigenvalue weighted by Crippen LogP contribution is -2.29. The number of aromatic nitrogens is 2. The lowest BCUT2D eigenvalue weighted by Gasteiger charge is -2.11. The Morgan fingerprint density at radius 3 is 3.00 bits per heavy atom. The van der Waals surface area contributed by atoms with Gasteiger partial charge >= 0.3 is 0 Å². The zero-order valence-corrected chi connectivity index (χ0v) is 12.3. The van der Waals surface area contributed by atoms with E-state index >= 15 is 0 Å². The van der Waals surface area contributed by atoms with Gasteiger partial charge in [-0.25, -0.2) is 0 Å². The fraction of sp³-hybridized carbons (Fsp3) is 0.438. The van der Waals surface area contributed by atoms with Crippen molar-refractivity contribution in [2.24, 2.45) is 7.05 Å². The van der Waals surface area contributed by atoms with Crippen molar-refractivity contribution in [2.75, 3.05) is 6.54 Å². The number of hydrogen-bond donors (Lipinski definition) is 1. The largest absolute Gasteiger partial charge is 0.488 e. The Balaban J connectivity index is 1.53. The maximum Gasteiger partial charge on any atom is 0.123 e. The minimum atomic E-state index is 0.240. The number of fused-ring (bicyclic) bond motifs is 1. The summed E-state index contributed by atoms with van der Waals surface area (Å²) in [5.74, 6) is 1.04. The maximum absolute atomic E-state index is 5.95. The van der Waals surface area contributed by atoms with Crippen LogP contribution in [0.15, 0.2) is 24.4 Å². The third-order valence-electron chi connectivity index (χ3n) is 3.76. The number of hydrogen-bond acceptors (Lipinski definition) is 3. The van der Waals surface area contributed by atoms with Gasteiger partial charge in [-0.05, 0) is 25.5 Å². The Labute approximate surface area is 119 Å². The molecule has 0 bridgehead atoms. The Morgan fingerprint density at radius 2 is 2.25 bits per heavy atom. The summed E-state index contributed by atoms with van der Waals surface area (Å²) in [6.07, 6.45) is 3.30. The van der Waals surface area contributed by atoms with Crippen LogP contribution in [0.2, 0.25) is 0 Å². The van der Waals surface area contributed by atoms with Gasteiger partial charge in [0.1, 0.15) is 11.9 Å². The quantitative estimate of drug-likeness (QED) is 0.926. The molecule has 1 aromatic heterocycles. The van der Waals surface area contributed by atoms with Crippen LogP contribution in [0, 0.1) is 13.8 Å². The number of benzene rings is 1. The van der Waals surface area contributed by atoms with Crippen LogP contribution in [0.3, 0.4) is 0 Å². The average molecular weight is 271 g/mol. The van der Waals surface area contributed by atoms with Gasteiger partial charge in [0.25, 0.3) is 0 Å². The molecule has 1 N–H and O–H groups in total. The van der Waals surface area contributed by atoms with E-state index in [9.17, 15) is 0 Å². The van der Waals surface area contributed by atoms with E-state index < -0.39 is 0 Å². The molecule has 1 aliphatic heterocycles. The zero-order valence-electron chi connectivity index (χ0n) is 12.3. The number of nitrogens with zero attached hydrogens (tertiary/aromatic N) is 2. The number of ether oxygens (including phenoxy) is 1. The third kappa shape index (κ3) is 2.70. The van der Waals surface area contributed by atoms with Crippen molar-refractivity contribution in [1.29, 1.82) is 0 Å². The molecule has 3 rings (SSSR count). The van der Waals surface area contributed by atoms with E-state index in [0.717, 1.165) is 31.0 Å². The number of nitrogens with one attached hydrogen (secondary N) is 1. The summed E-state index contributed by atoms with van der Waals surface area (Å²) in [4.78, 5) is 0. The van der Waals surface area contributed by atoms with Gasteiger partial charge in [-0.1, -0.05) is 17.7 Å². The standard InChI is InChI=1S/C16H21N3O/c1-11-4-5-16-13(6-11)7-15(20-16)9-17-8-14-10-19(3)18-12(14)2/h4-6,10,15,17H,7-9H2,1-3H3. The number of aryl methyl sites for hydroxylation is 3. The van der Waals surface area contributed by atoms with Gasteiger partial charge in [0.2, 0.25) is 0 Å². The molecule has 0 fully saturated rings. The van der Waals surface area contributed by atoms with E-state index in [-0.39, 0.29) is 6.10 Å². The fourth-order valence-corrected chi connectivity index (χ4v) is 2.75. The first kappa shape index (κ1) is 13.2. The van der Waals surface area contributed by atoms with E-state index in [1.54, 1.807) is 0 Å². The Kier molecular flexibility index (Phi) is 3.49. The average Bonchev–Trinajstić information content (AvgIpc) is 2.92. The van der Waals surface area contributed by atoms with Crippen LogP contribution in [0.25, 0.3) is 0 Å². The topological polar surface area (TPSA) is 39.1 Å². The molecule has 2 aromatic rings. The molecule has 0 amide bonds. The molecule has 0 saturated carbocycles. The summed E-state index contributed by atoms with van der Waals surface area (Å²) in [5, 5.41) is 7.82. The van der Waals surface area contributed by atoms with Gasteiger partial charge in [0.15, 0.2) is 0 Å². The molecule has 0 aliphatic carbocycles. The molecule has 4 nitrogen and oxygen atoms in total. The second-order valence-electron chi connectivity index (χ2n) is 5.60. The molecule has 1 aromatic carbocycles. The summed E-state index contributed by atoms with van der Waals surface area (Å²) in [6.45, 7) is 5.87. The van der Waals surface area contributed by atoms with E-state index in [0.29, 0.717) is 0 Å². The van der Waals surface area contributed by atoms with Crippen LogP contribution < -0.4 is 10.1 Å². The van der Waals surface area contributed by atoms with Crippen molar-refractivity contribution in [3.8, 4) is 5.75 Å². The first-order valence-corrected chi connectivity index (χ1v) is 7.08. The highest BCUT2D eigenvalue weighted by molar-refractivity contribution is 5.40. The van der Waals surface area contributed by atoms with Crippen molar-refractivity contribution >= 4 is 0 Å². The normalized spacial score (nSPS) is 17.1. The van der Waals surface area contributed by atoms with Crippen LogP contribution in [-0.2, 0) is 20.0 Å². The van der Waals surface area contributed by atoms with Gasteiger partial charge in [-0.3, -0.25) is 4.68 Å². The van der Waals surface area contributed by atoms with E-state index in [1.807, 2.05) is 18.7 Å². The van der Waals surface area contributed by atoms with E-state index in [4.69, 9.17) is 4.74 Å². The van der Waals surface area contributed by atoms with Gasteiger partial charge in [-0.15, -0.1) is 0 Å². The fourth-order valence-electron chi connectivity index (χ4n) is 2.75. The molecule has 0 spiro atoms. The van der Waals surface area contributed by atoms with Crippen molar-refractivity contribution in [2.45, 2.75) is 32.9 Å². The highest BCUT2D eigenvalue weighted by Crippen LogP contribution is 2.29. The predicted octanol–water partition coefficient (Wildman–Crippen LogP) is 2.13. The van der Waals surface area contributed by atoms with E-state index in [2.05, 4.69) is 41.7 Å². The molecule has 20 heavy (non-hydrogen) atoms. The summed E-state index contributed by atoms with van der Waals surface area (Å²) in [6, 6.07) is 6.41. The smallest absolute Gasteiger partial charge is 0.123 e. The van der Waals surface area contributed by atoms with Crippen LogP contribution in [0.5, 0.6) is 5.75 Å². The second-order valence-corrected chi connectivity index (χ2v) is 5.60. The number of rotatable bonds is 4. The van der Waals surface area contributed by atoms with Crippen molar-refractivity contribution in [3.63, 3.8) is 0 Å². The Hall–Kier alpha value is -1.81. The SMILES string of the molecule is Cc1ccc2c(c1)CC(CNCc1cn(C)nc1C)O2. The van der Waals surface area contributed by atoms with Gasteiger partial charge in [-0.2, -0.15) is 5.10 Å². The monoisotopic (exact) mass is 271 g/mol. The maximum atomic E-state index is 5.95. The highest BCUT2D eigenvalue weighted by atomic mass is 16.5. The lowest BCUT2D eigenvalue weighted by molar-refractivity contribution is 0.227. The minimum absolute atomic E-state index is 0.240. The summed E-state index contributed by atoms with van der Waals surface area (Å²) in [7, 11) is 1.95. The van der Waals surface area contributed by atoms with Gasteiger partial charge in [0.05, 0.1) is 5.69 Å². The van der Waals surface area contributed by atoms with Crippen molar-refractivity contribution in [1.82, 2.24) is 15.1 Å². The second kappa shape index (κ2) is 5.29. The van der Waals surface area contributed by atoms with Crippen LogP contribution in [0.4, 0.5) is 0 Å². The van der Waals surface area contributed by atoms with Crippen LogP contribution >= 0.6 is 0 Å². The zero-order chi connectivity index (χ0) is 14.1. The van der Waals surface area contributed by atoms with Crippen LogP contribution in [-0.4, -0.2) is 22.4 Å². The molecule has 0 radical (unpaired) electrons. The predicted molar refractivity (Wildman–Crippen MR) is 79.0 cm³/mol. The lowest BCUT2D eigenvalue weighted by atomic mass is 10.1. The minimum Gasteiger partial charge on any atom is -0.488 e. The van der Waals surface area contributed by atoms with Gasteiger partial charge in [0, 0.05) is 38.3 Å². The van der Waals surface area contributed by atoms with E-state index in [1.165, 1.54) is 16.7 Å². The Bertz CT molecular complexity index is 618.